The molecule has 1 rings (SSSR count). The molecule has 3 N–H and O–H groups in total. The number of hydrogen-bond donors (Lipinski definition) is 3. The normalized spacial score (nSPS) is 11.3. The van der Waals surface area contributed by atoms with Crippen LogP contribution in [0.3, 0.4) is 0 Å². The molecule has 0 fully saturated rings. The first-order valence-corrected chi connectivity index (χ1v) is 8.75. The lowest BCUT2D eigenvalue weighted by Gasteiger charge is -2.11. The Kier molecular flexibility index (Phi) is 11.6. The minimum atomic E-state index is 0.800. The van der Waals surface area contributed by atoms with E-state index in [2.05, 4.69) is 40.0 Å². The molecule has 0 unspecified atom stereocenters. The van der Waals surface area contributed by atoms with Gasteiger partial charge in [0.25, 0.3) is 0 Å². The molecule has 0 radical (unpaired) electrons. The third kappa shape index (κ3) is 10.6. The van der Waals surface area contributed by atoms with Crippen molar-refractivity contribution < 1.29 is 4.74 Å². The summed E-state index contributed by atoms with van der Waals surface area (Å²) in [4.78, 5) is 4.60. The van der Waals surface area contributed by atoms with E-state index in [-0.39, 0.29) is 0 Å². The molecule has 1 aromatic rings. The van der Waals surface area contributed by atoms with E-state index in [1.165, 1.54) is 0 Å². The van der Waals surface area contributed by atoms with E-state index in [4.69, 9.17) is 4.74 Å². The Labute approximate surface area is 140 Å². The summed E-state index contributed by atoms with van der Waals surface area (Å²) in [7, 11) is 0. The Morgan fingerprint density at radius 3 is 2.57 bits per heavy atom. The number of aliphatic imine (C=N–C) groups is 1. The smallest absolute Gasteiger partial charge is 0.191 e. The molecule has 0 atom stereocenters. The Hall–Kier alpha value is -1.75. The summed E-state index contributed by atoms with van der Waals surface area (Å²) in [5.74, 6) is 0.906. The Morgan fingerprint density at radius 1 is 1.00 bits per heavy atom. The highest BCUT2D eigenvalue weighted by Crippen LogP contribution is 2.04. The molecule has 0 bridgehead atoms. The average Bonchev–Trinajstić information content (AvgIpc) is 2.58. The maximum Gasteiger partial charge on any atom is 0.191 e. The number of hydrogen-bond acceptors (Lipinski definition) is 3. The van der Waals surface area contributed by atoms with Gasteiger partial charge < -0.3 is 20.7 Å². The molecular weight excluding hydrogens is 288 g/mol. The Bertz CT molecular complexity index is 409. The van der Waals surface area contributed by atoms with Crippen molar-refractivity contribution >= 4 is 11.6 Å². The number of nitrogens with one attached hydrogen (secondary N) is 3. The van der Waals surface area contributed by atoms with Crippen molar-refractivity contribution in [3.63, 3.8) is 0 Å². The predicted octanol–water partition coefficient (Wildman–Crippen LogP) is 2.86. The van der Waals surface area contributed by atoms with Gasteiger partial charge in [-0.3, -0.25) is 4.99 Å². The zero-order valence-corrected chi connectivity index (χ0v) is 14.6. The second kappa shape index (κ2) is 13.9. The van der Waals surface area contributed by atoms with Crippen molar-refractivity contribution in [3.05, 3.63) is 30.3 Å². The molecule has 0 amide bonds. The Morgan fingerprint density at radius 2 is 1.83 bits per heavy atom. The van der Waals surface area contributed by atoms with Crippen molar-refractivity contribution in [1.29, 1.82) is 0 Å². The van der Waals surface area contributed by atoms with Crippen molar-refractivity contribution in [2.24, 2.45) is 4.99 Å². The quantitative estimate of drug-likeness (QED) is 0.315. The van der Waals surface area contributed by atoms with Crippen molar-refractivity contribution in [2.75, 3.05) is 44.7 Å². The number of anilines is 1. The molecule has 0 spiro atoms. The second-order valence-corrected chi connectivity index (χ2v) is 5.24. The minimum Gasteiger partial charge on any atom is -0.385 e. The second-order valence-electron chi connectivity index (χ2n) is 5.24. The van der Waals surface area contributed by atoms with Crippen LogP contribution in [0.1, 0.15) is 33.1 Å². The number of guanidine groups is 1. The number of nitrogens with zero attached hydrogens (tertiary/aromatic N) is 1. The third-order valence-corrected chi connectivity index (χ3v) is 3.26. The van der Waals surface area contributed by atoms with E-state index in [9.17, 15) is 0 Å². The molecule has 23 heavy (non-hydrogen) atoms. The fourth-order valence-electron chi connectivity index (χ4n) is 2.08. The summed E-state index contributed by atoms with van der Waals surface area (Å²) >= 11 is 0. The highest BCUT2D eigenvalue weighted by molar-refractivity contribution is 5.79. The first kappa shape index (κ1) is 19.3. The molecule has 0 heterocycles. The van der Waals surface area contributed by atoms with Crippen LogP contribution in [-0.2, 0) is 4.74 Å². The Balaban J connectivity index is 2.13. The fourth-order valence-corrected chi connectivity index (χ4v) is 2.08. The van der Waals surface area contributed by atoms with Gasteiger partial charge in [-0.25, -0.2) is 0 Å². The number of benzene rings is 1. The summed E-state index contributed by atoms with van der Waals surface area (Å²) in [6.45, 7) is 9.32. The summed E-state index contributed by atoms with van der Waals surface area (Å²) in [5.41, 5.74) is 1.16. The first-order chi connectivity index (χ1) is 11.4. The van der Waals surface area contributed by atoms with Gasteiger partial charge in [0, 0.05) is 45.1 Å². The van der Waals surface area contributed by atoms with Gasteiger partial charge in [0.2, 0.25) is 0 Å². The van der Waals surface area contributed by atoms with E-state index in [0.717, 1.165) is 70.3 Å². The van der Waals surface area contributed by atoms with Crippen LogP contribution >= 0.6 is 0 Å². The van der Waals surface area contributed by atoms with Crippen molar-refractivity contribution in [3.8, 4) is 0 Å². The molecule has 0 aliphatic carbocycles. The van der Waals surface area contributed by atoms with Crippen LogP contribution in [0.2, 0.25) is 0 Å². The largest absolute Gasteiger partial charge is 0.385 e. The van der Waals surface area contributed by atoms with Crippen LogP contribution in [-0.4, -0.2) is 45.4 Å². The van der Waals surface area contributed by atoms with E-state index >= 15 is 0 Å². The summed E-state index contributed by atoms with van der Waals surface area (Å²) in [6, 6.07) is 10.3. The lowest BCUT2D eigenvalue weighted by atomic mass is 10.3. The topological polar surface area (TPSA) is 57.7 Å². The van der Waals surface area contributed by atoms with Gasteiger partial charge in [-0.2, -0.15) is 0 Å². The number of ether oxygens (including phenoxy) is 1. The molecule has 5 nitrogen and oxygen atoms in total. The molecular formula is C18H32N4O. The van der Waals surface area contributed by atoms with E-state index in [1.54, 1.807) is 0 Å². The monoisotopic (exact) mass is 320 g/mol. The molecule has 5 heteroatoms. The highest BCUT2D eigenvalue weighted by Gasteiger charge is 1.96. The van der Waals surface area contributed by atoms with Crippen LogP contribution in [0.25, 0.3) is 0 Å². The zero-order chi connectivity index (χ0) is 16.6. The number of rotatable bonds is 12. The third-order valence-electron chi connectivity index (χ3n) is 3.26. The molecule has 0 aliphatic heterocycles. The van der Waals surface area contributed by atoms with Crippen LogP contribution in [0, 0.1) is 0 Å². The van der Waals surface area contributed by atoms with Gasteiger partial charge >= 0.3 is 0 Å². The zero-order valence-electron chi connectivity index (χ0n) is 14.6. The van der Waals surface area contributed by atoms with Gasteiger partial charge in [0.1, 0.15) is 0 Å². The minimum absolute atomic E-state index is 0.800. The van der Waals surface area contributed by atoms with Crippen LogP contribution in [0.15, 0.2) is 35.3 Å². The first-order valence-electron chi connectivity index (χ1n) is 8.75. The molecule has 0 saturated carbocycles. The fraction of sp³-hybridized carbons (Fsp3) is 0.611. The van der Waals surface area contributed by atoms with Gasteiger partial charge in [0.05, 0.1) is 0 Å². The summed E-state index contributed by atoms with van der Waals surface area (Å²) in [6.07, 6.45) is 3.19. The van der Waals surface area contributed by atoms with Crippen LogP contribution < -0.4 is 16.0 Å². The molecule has 1 aromatic carbocycles. The van der Waals surface area contributed by atoms with Crippen LogP contribution in [0.4, 0.5) is 5.69 Å². The average molecular weight is 320 g/mol. The predicted molar refractivity (Wildman–Crippen MR) is 99.3 cm³/mol. The van der Waals surface area contributed by atoms with Crippen molar-refractivity contribution in [1.82, 2.24) is 10.6 Å². The van der Waals surface area contributed by atoms with E-state index in [0.29, 0.717) is 0 Å². The standard InChI is InChI=1S/C18H32N4O/c1-3-19-18(21-13-8-9-16-23-4-2)22-15-10-14-20-17-11-6-5-7-12-17/h5-7,11-12,20H,3-4,8-10,13-16H2,1-2H3,(H2,19,21,22). The maximum atomic E-state index is 5.34. The van der Waals surface area contributed by atoms with Gasteiger partial charge in [-0.05, 0) is 45.2 Å². The summed E-state index contributed by atoms with van der Waals surface area (Å²) in [5, 5.41) is 10.0. The van der Waals surface area contributed by atoms with E-state index < -0.39 is 0 Å². The van der Waals surface area contributed by atoms with Crippen LogP contribution in [0.5, 0.6) is 0 Å². The SMILES string of the molecule is CCNC(=NCCCNc1ccccc1)NCCCCOCC. The molecule has 0 saturated heterocycles. The highest BCUT2D eigenvalue weighted by atomic mass is 16.5. The van der Waals surface area contributed by atoms with Gasteiger partial charge in [-0.15, -0.1) is 0 Å². The van der Waals surface area contributed by atoms with E-state index in [1.807, 2.05) is 25.1 Å². The maximum absolute atomic E-state index is 5.34. The lowest BCUT2D eigenvalue weighted by Crippen LogP contribution is -2.38. The number of para-hydroxylation sites is 1. The summed E-state index contributed by atoms with van der Waals surface area (Å²) < 4.78 is 5.34. The molecule has 0 aliphatic rings. The molecule has 130 valence electrons. The van der Waals surface area contributed by atoms with Crippen molar-refractivity contribution in [2.45, 2.75) is 33.1 Å². The van der Waals surface area contributed by atoms with Gasteiger partial charge in [0.15, 0.2) is 5.96 Å². The van der Waals surface area contributed by atoms with Gasteiger partial charge in [-0.1, -0.05) is 18.2 Å². The molecule has 0 aromatic heterocycles. The lowest BCUT2D eigenvalue weighted by molar-refractivity contribution is 0.143. The number of unbranched alkanes of at least 4 members (excludes halogenated alkanes) is 1.